The van der Waals surface area contributed by atoms with Crippen LogP contribution in [-0.4, -0.2) is 41.5 Å². The van der Waals surface area contributed by atoms with Gasteiger partial charge in [0, 0.05) is 17.7 Å². The lowest BCUT2D eigenvalue weighted by molar-refractivity contribution is 0.0730. The number of para-hydroxylation sites is 2. The van der Waals surface area contributed by atoms with Crippen LogP contribution >= 0.6 is 0 Å². The molecule has 1 saturated heterocycles. The van der Waals surface area contributed by atoms with E-state index in [2.05, 4.69) is 4.98 Å². The number of methoxy groups -OCH3 is 2. The maximum atomic E-state index is 13.3. The average molecular weight is 365 g/mol. The van der Waals surface area contributed by atoms with E-state index >= 15 is 0 Å². The van der Waals surface area contributed by atoms with Gasteiger partial charge >= 0.3 is 0 Å². The van der Waals surface area contributed by atoms with Crippen LogP contribution in [0.1, 0.15) is 40.6 Å². The lowest BCUT2D eigenvalue weighted by atomic mass is 10.1. The number of nitrogens with one attached hydrogen (secondary N) is 1. The second-order valence-corrected chi connectivity index (χ2v) is 6.80. The predicted octanol–water partition coefficient (Wildman–Crippen LogP) is 3.87. The number of hydrogen-bond acceptors (Lipinski definition) is 4. The molecule has 0 saturated carbocycles. The number of amides is 1. The van der Waals surface area contributed by atoms with Gasteiger partial charge in [0.2, 0.25) is 0 Å². The van der Waals surface area contributed by atoms with E-state index in [9.17, 15) is 4.79 Å². The van der Waals surface area contributed by atoms with E-state index in [0.29, 0.717) is 23.6 Å². The molecule has 140 valence electrons. The number of aromatic amines is 1. The number of imidazole rings is 1. The van der Waals surface area contributed by atoms with E-state index in [-0.39, 0.29) is 11.9 Å². The summed E-state index contributed by atoms with van der Waals surface area (Å²) in [5.41, 5.74) is 3.36. The normalized spacial score (nSPS) is 16.7. The number of aromatic nitrogens is 2. The molecule has 1 fully saturated rings. The van der Waals surface area contributed by atoms with Gasteiger partial charge in [0.15, 0.2) is 0 Å². The second-order valence-electron chi connectivity index (χ2n) is 6.80. The molecule has 1 amide bonds. The number of carbonyl (C=O) groups is 1. The van der Waals surface area contributed by atoms with Gasteiger partial charge in [-0.15, -0.1) is 0 Å². The molecule has 6 heteroatoms. The van der Waals surface area contributed by atoms with E-state index in [4.69, 9.17) is 14.5 Å². The van der Waals surface area contributed by atoms with Gasteiger partial charge in [-0.3, -0.25) is 4.79 Å². The van der Waals surface area contributed by atoms with Crippen molar-refractivity contribution < 1.29 is 14.3 Å². The number of H-pyrrole nitrogens is 1. The lowest BCUT2D eigenvalue weighted by Gasteiger charge is -2.24. The minimum atomic E-state index is -0.0526. The summed E-state index contributed by atoms with van der Waals surface area (Å²) in [4.78, 5) is 23.2. The van der Waals surface area contributed by atoms with E-state index in [1.54, 1.807) is 26.4 Å². The van der Waals surface area contributed by atoms with Crippen LogP contribution in [0.4, 0.5) is 0 Å². The van der Waals surface area contributed by atoms with Crippen molar-refractivity contribution in [3.05, 3.63) is 53.3 Å². The summed E-state index contributed by atoms with van der Waals surface area (Å²) < 4.78 is 10.8. The first-order valence-corrected chi connectivity index (χ1v) is 9.10. The van der Waals surface area contributed by atoms with Crippen molar-refractivity contribution >= 4 is 16.9 Å². The molecular weight excluding hydrogens is 342 g/mol. The van der Waals surface area contributed by atoms with Crippen LogP contribution in [0.5, 0.6) is 11.5 Å². The average Bonchev–Trinajstić information content (AvgIpc) is 3.34. The topological polar surface area (TPSA) is 67.5 Å². The fraction of sp³-hybridized carbons (Fsp3) is 0.333. The lowest BCUT2D eigenvalue weighted by Crippen LogP contribution is -2.31. The Morgan fingerprint density at radius 1 is 1.19 bits per heavy atom. The Labute approximate surface area is 158 Å². The highest BCUT2D eigenvalue weighted by Gasteiger charge is 2.33. The second kappa shape index (κ2) is 6.95. The number of benzene rings is 2. The molecule has 2 aromatic carbocycles. The van der Waals surface area contributed by atoms with Crippen molar-refractivity contribution in [2.24, 2.45) is 0 Å². The van der Waals surface area contributed by atoms with Gasteiger partial charge in [-0.1, -0.05) is 12.1 Å². The molecule has 6 nitrogen and oxygen atoms in total. The Bertz CT molecular complexity index is 937. The Kier molecular flexibility index (Phi) is 4.48. The van der Waals surface area contributed by atoms with Gasteiger partial charge in [0.25, 0.3) is 5.91 Å². The number of likely N-dealkylation sites (tertiary alicyclic amines) is 1. The van der Waals surface area contributed by atoms with Crippen molar-refractivity contribution in [3.8, 4) is 11.5 Å². The maximum Gasteiger partial charge on any atom is 0.254 e. The van der Waals surface area contributed by atoms with Crippen LogP contribution in [0.3, 0.4) is 0 Å². The fourth-order valence-corrected chi connectivity index (χ4v) is 3.80. The van der Waals surface area contributed by atoms with Crippen LogP contribution in [0.15, 0.2) is 36.4 Å². The van der Waals surface area contributed by atoms with E-state index in [0.717, 1.165) is 35.3 Å². The predicted molar refractivity (Wildman–Crippen MR) is 103 cm³/mol. The zero-order valence-corrected chi connectivity index (χ0v) is 15.8. The van der Waals surface area contributed by atoms with E-state index < -0.39 is 0 Å². The molecule has 1 aromatic heterocycles. The van der Waals surface area contributed by atoms with E-state index in [1.807, 2.05) is 36.1 Å². The highest BCUT2D eigenvalue weighted by atomic mass is 16.5. The number of hydrogen-bond donors (Lipinski definition) is 1. The van der Waals surface area contributed by atoms with Crippen LogP contribution in [0.2, 0.25) is 0 Å². The number of ether oxygens (including phenoxy) is 2. The molecular formula is C21H23N3O3. The highest BCUT2D eigenvalue weighted by Crippen LogP contribution is 2.35. The largest absolute Gasteiger partial charge is 0.496 e. The van der Waals surface area contributed by atoms with Crippen molar-refractivity contribution in [1.29, 1.82) is 0 Å². The van der Waals surface area contributed by atoms with Crippen molar-refractivity contribution in [3.63, 3.8) is 0 Å². The third kappa shape index (κ3) is 3.01. The monoisotopic (exact) mass is 365 g/mol. The molecule has 1 aliphatic heterocycles. The first-order valence-electron chi connectivity index (χ1n) is 9.10. The van der Waals surface area contributed by atoms with Gasteiger partial charge < -0.3 is 19.4 Å². The summed E-state index contributed by atoms with van der Waals surface area (Å²) in [6.45, 7) is 2.62. The third-order valence-electron chi connectivity index (χ3n) is 5.24. The van der Waals surface area contributed by atoms with Crippen molar-refractivity contribution in [2.75, 3.05) is 20.8 Å². The smallest absolute Gasteiger partial charge is 0.254 e. The molecule has 3 aromatic rings. The number of nitrogens with zero attached hydrogens (tertiary/aromatic N) is 2. The Balaban J connectivity index is 1.68. The van der Waals surface area contributed by atoms with Crippen molar-refractivity contribution in [1.82, 2.24) is 14.9 Å². The van der Waals surface area contributed by atoms with Gasteiger partial charge in [-0.2, -0.15) is 0 Å². The summed E-state index contributed by atoms with van der Waals surface area (Å²) in [7, 11) is 3.20. The molecule has 0 bridgehead atoms. The first kappa shape index (κ1) is 17.4. The number of rotatable bonds is 4. The summed E-state index contributed by atoms with van der Waals surface area (Å²) in [6, 6.07) is 11.4. The first-order chi connectivity index (χ1) is 13.1. The van der Waals surface area contributed by atoms with Crippen LogP contribution in [-0.2, 0) is 0 Å². The van der Waals surface area contributed by atoms with Crippen LogP contribution in [0.25, 0.3) is 11.0 Å². The Hall–Kier alpha value is -3.02. The molecule has 0 aliphatic carbocycles. The van der Waals surface area contributed by atoms with Crippen LogP contribution in [0, 0.1) is 6.92 Å². The molecule has 1 atom stereocenters. The minimum absolute atomic E-state index is 0.0328. The highest BCUT2D eigenvalue weighted by molar-refractivity contribution is 5.96. The third-order valence-corrected chi connectivity index (χ3v) is 5.24. The number of carbonyl (C=O) groups excluding carboxylic acids is 1. The molecule has 0 radical (unpaired) electrons. The Morgan fingerprint density at radius 3 is 2.56 bits per heavy atom. The van der Waals surface area contributed by atoms with Crippen molar-refractivity contribution in [2.45, 2.75) is 25.8 Å². The Morgan fingerprint density at radius 2 is 1.89 bits per heavy atom. The van der Waals surface area contributed by atoms with Gasteiger partial charge in [-0.25, -0.2) is 4.98 Å². The van der Waals surface area contributed by atoms with E-state index in [1.165, 1.54) is 0 Å². The van der Waals surface area contributed by atoms with Gasteiger partial charge in [0.1, 0.15) is 17.3 Å². The molecule has 0 spiro atoms. The summed E-state index contributed by atoms with van der Waals surface area (Å²) in [6.07, 6.45) is 1.85. The molecule has 2 heterocycles. The molecule has 4 rings (SSSR count). The molecule has 1 aliphatic rings. The van der Waals surface area contributed by atoms with Gasteiger partial charge in [-0.05, 0) is 44.0 Å². The quantitative estimate of drug-likeness (QED) is 0.762. The van der Waals surface area contributed by atoms with Gasteiger partial charge in [0.05, 0.1) is 31.3 Å². The standard InChI is InChI=1S/C21H23N3O3/c1-13-18(26-2)11-14(12-19(13)27-3)21(25)24-10-6-9-17(24)20-22-15-7-4-5-8-16(15)23-20/h4-5,7-8,11-12,17H,6,9-10H2,1-3H3,(H,22,23)/t17-/m0/s1. The number of fused-ring (bicyclic) bond motifs is 1. The SMILES string of the molecule is COc1cc(C(=O)N2CCC[C@H]2c2nc3ccccc3[nH]2)cc(OC)c1C. The molecule has 27 heavy (non-hydrogen) atoms. The maximum absolute atomic E-state index is 13.3. The zero-order chi connectivity index (χ0) is 19.0. The molecule has 0 unspecified atom stereocenters. The fourth-order valence-electron chi connectivity index (χ4n) is 3.80. The minimum Gasteiger partial charge on any atom is -0.496 e. The summed E-state index contributed by atoms with van der Waals surface area (Å²) in [5, 5.41) is 0. The zero-order valence-electron chi connectivity index (χ0n) is 15.8. The molecule has 1 N–H and O–H groups in total. The summed E-state index contributed by atoms with van der Waals surface area (Å²) >= 11 is 0. The summed E-state index contributed by atoms with van der Waals surface area (Å²) in [5.74, 6) is 2.11. The van der Waals surface area contributed by atoms with Crippen LogP contribution < -0.4 is 9.47 Å².